The van der Waals surface area contributed by atoms with Crippen LogP contribution in [0.25, 0.3) is 17.1 Å². The van der Waals surface area contributed by atoms with E-state index in [1.54, 1.807) is 56.6 Å². The van der Waals surface area contributed by atoms with Crippen LogP contribution in [0.15, 0.2) is 55.1 Å². The van der Waals surface area contributed by atoms with Crippen LogP contribution in [0.1, 0.15) is 25.5 Å². The average molecular weight is 526 g/mol. The lowest BCUT2D eigenvalue weighted by Gasteiger charge is -2.21. The summed E-state index contributed by atoms with van der Waals surface area (Å²) in [5.74, 6) is 1.01. The van der Waals surface area contributed by atoms with E-state index in [-0.39, 0.29) is 5.95 Å². The Morgan fingerprint density at radius 1 is 0.892 bits per heavy atom. The maximum atomic E-state index is 13.5. The largest absolute Gasteiger partial charge is 0.494 e. The molecule has 0 unspecified atom stereocenters. The second-order valence-electron chi connectivity index (χ2n) is 8.06. The number of rotatable bonds is 10. The zero-order chi connectivity index (χ0) is 26.6. The van der Waals surface area contributed by atoms with Gasteiger partial charge in [0.05, 0.1) is 44.7 Å². The highest BCUT2D eigenvalue weighted by Crippen LogP contribution is 2.38. The van der Waals surface area contributed by atoms with Gasteiger partial charge in [-0.25, -0.2) is 13.4 Å². The van der Waals surface area contributed by atoms with Gasteiger partial charge in [0.15, 0.2) is 5.82 Å². The summed E-state index contributed by atoms with van der Waals surface area (Å²) in [5, 5.41) is 7.56. The Kier molecular flexibility index (Phi) is 7.53. The van der Waals surface area contributed by atoms with E-state index in [1.165, 1.54) is 38.3 Å². The third kappa shape index (κ3) is 5.16. The number of hydrogen-bond donors (Lipinski definition) is 1. The monoisotopic (exact) mass is 525 g/mol. The lowest BCUT2D eigenvalue weighted by atomic mass is 10.1. The summed E-state index contributed by atoms with van der Waals surface area (Å²) in [7, 11) is 0.518. The molecule has 0 radical (unpaired) electrons. The number of aromatic nitrogens is 6. The van der Waals surface area contributed by atoms with Crippen molar-refractivity contribution in [2.75, 3.05) is 26.1 Å². The summed E-state index contributed by atoms with van der Waals surface area (Å²) in [5.41, 5.74) is 1.54. The molecular weight excluding hydrogens is 498 g/mol. The number of ether oxygens (including phenoxy) is 3. The number of benzene rings is 1. The molecule has 0 spiro atoms. The van der Waals surface area contributed by atoms with Gasteiger partial charge in [-0.15, -0.1) is 10.2 Å². The molecule has 12 nitrogen and oxygen atoms in total. The zero-order valence-electron chi connectivity index (χ0n) is 21.0. The lowest BCUT2D eigenvalue weighted by Crippen LogP contribution is -2.31. The molecule has 13 heteroatoms. The van der Waals surface area contributed by atoms with Crippen LogP contribution in [-0.2, 0) is 10.0 Å². The molecule has 0 bridgehead atoms. The van der Waals surface area contributed by atoms with Crippen molar-refractivity contribution >= 4 is 16.0 Å². The molecule has 4 rings (SSSR count). The van der Waals surface area contributed by atoms with Crippen molar-refractivity contribution in [3.63, 3.8) is 0 Å². The first-order chi connectivity index (χ1) is 17.8. The lowest BCUT2D eigenvalue weighted by molar-refractivity contribution is 0.391. The SMILES string of the molecule is COc1cnc([C@H](C)[C@@H](C)S(=O)(=O)Nc2nnc(-c3cccnc3)n2-c2c(OC)cccc2OC)cn1. The molecule has 0 aliphatic rings. The smallest absolute Gasteiger partial charge is 0.243 e. The Morgan fingerprint density at radius 2 is 1.62 bits per heavy atom. The summed E-state index contributed by atoms with van der Waals surface area (Å²) in [6.07, 6.45) is 6.18. The number of nitrogens with zero attached hydrogens (tertiary/aromatic N) is 6. The topological polar surface area (TPSA) is 143 Å². The summed E-state index contributed by atoms with van der Waals surface area (Å²) >= 11 is 0. The van der Waals surface area contributed by atoms with Crippen molar-refractivity contribution in [3.8, 4) is 34.5 Å². The summed E-state index contributed by atoms with van der Waals surface area (Å²) in [6.45, 7) is 3.35. The zero-order valence-corrected chi connectivity index (χ0v) is 21.8. The number of sulfonamides is 1. The number of anilines is 1. The van der Waals surface area contributed by atoms with Crippen LogP contribution < -0.4 is 18.9 Å². The van der Waals surface area contributed by atoms with Gasteiger partial charge in [0.1, 0.15) is 17.2 Å². The van der Waals surface area contributed by atoms with Crippen LogP contribution in [0, 0.1) is 0 Å². The second-order valence-corrected chi connectivity index (χ2v) is 10.1. The Hall–Kier alpha value is -4.26. The van der Waals surface area contributed by atoms with Crippen molar-refractivity contribution in [3.05, 3.63) is 60.8 Å². The van der Waals surface area contributed by atoms with Gasteiger partial charge in [0.25, 0.3) is 0 Å². The van der Waals surface area contributed by atoms with Gasteiger partial charge in [0.2, 0.25) is 21.9 Å². The van der Waals surface area contributed by atoms with E-state index in [9.17, 15) is 8.42 Å². The summed E-state index contributed by atoms with van der Waals surface area (Å²) in [4.78, 5) is 12.6. The molecule has 3 aromatic heterocycles. The molecular formula is C24H27N7O5S. The molecule has 2 atom stereocenters. The van der Waals surface area contributed by atoms with E-state index in [2.05, 4.69) is 29.9 Å². The van der Waals surface area contributed by atoms with E-state index >= 15 is 0 Å². The summed E-state index contributed by atoms with van der Waals surface area (Å²) in [6, 6.07) is 8.77. The van der Waals surface area contributed by atoms with Gasteiger partial charge >= 0.3 is 0 Å². The van der Waals surface area contributed by atoms with Crippen LogP contribution in [0.3, 0.4) is 0 Å². The second kappa shape index (κ2) is 10.8. The molecule has 1 N–H and O–H groups in total. The highest BCUT2D eigenvalue weighted by molar-refractivity contribution is 7.93. The van der Waals surface area contributed by atoms with E-state index in [1.807, 2.05) is 0 Å². The first-order valence-corrected chi connectivity index (χ1v) is 12.8. The number of para-hydroxylation sites is 1. The van der Waals surface area contributed by atoms with Crippen molar-refractivity contribution in [2.24, 2.45) is 0 Å². The first-order valence-electron chi connectivity index (χ1n) is 11.3. The minimum absolute atomic E-state index is 0.0403. The van der Waals surface area contributed by atoms with Gasteiger partial charge in [-0.1, -0.05) is 13.0 Å². The van der Waals surface area contributed by atoms with Crippen LogP contribution in [0.5, 0.6) is 17.4 Å². The molecule has 0 saturated carbocycles. The van der Waals surface area contributed by atoms with E-state index in [0.717, 1.165) is 0 Å². The fourth-order valence-corrected chi connectivity index (χ4v) is 4.94. The van der Waals surface area contributed by atoms with Crippen LogP contribution in [0.4, 0.5) is 5.95 Å². The van der Waals surface area contributed by atoms with Crippen LogP contribution in [0.2, 0.25) is 0 Å². The Balaban J connectivity index is 1.79. The normalized spacial score (nSPS) is 13.0. The summed E-state index contributed by atoms with van der Waals surface area (Å²) < 4.78 is 47.4. The average Bonchev–Trinajstić information content (AvgIpc) is 3.34. The molecule has 0 aliphatic heterocycles. The molecule has 3 heterocycles. The molecule has 0 fully saturated rings. The van der Waals surface area contributed by atoms with Crippen molar-refractivity contribution < 1.29 is 22.6 Å². The third-order valence-corrected chi connectivity index (χ3v) is 7.81. The third-order valence-electron chi connectivity index (χ3n) is 5.96. The van der Waals surface area contributed by atoms with Gasteiger partial charge in [-0.3, -0.25) is 19.3 Å². The van der Waals surface area contributed by atoms with Gasteiger partial charge in [0, 0.05) is 23.9 Å². The minimum atomic E-state index is -3.98. The Labute approximate surface area is 214 Å². The molecule has 1 aromatic carbocycles. The molecule has 194 valence electrons. The molecule has 0 saturated heterocycles. The highest BCUT2D eigenvalue weighted by Gasteiger charge is 2.32. The van der Waals surface area contributed by atoms with E-state index in [0.29, 0.717) is 40.1 Å². The predicted molar refractivity (Wildman–Crippen MR) is 137 cm³/mol. The number of hydrogen-bond acceptors (Lipinski definition) is 10. The highest BCUT2D eigenvalue weighted by atomic mass is 32.2. The maximum Gasteiger partial charge on any atom is 0.243 e. The number of pyridine rings is 1. The van der Waals surface area contributed by atoms with Gasteiger partial charge < -0.3 is 14.2 Å². The minimum Gasteiger partial charge on any atom is -0.494 e. The van der Waals surface area contributed by atoms with Crippen molar-refractivity contribution in [2.45, 2.75) is 25.0 Å². The fraction of sp³-hybridized carbons (Fsp3) is 0.292. The first kappa shape index (κ1) is 25.8. The predicted octanol–water partition coefficient (Wildman–Crippen LogP) is 3.08. The number of methoxy groups -OCH3 is 3. The van der Waals surface area contributed by atoms with Crippen molar-refractivity contribution in [1.29, 1.82) is 0 Å². The maximum absolute atomic E-state index is 13.5. The van der Waals surface area contributed by atoms with E-state index < -0.39 is 21.2 Å². The molecule has 0 aliphatic carbocycles. The molecule has 4 aromatic rings. The van der Waals surface area contributed by atoms with Crippen LogP contribution in [-0.4, -0.2) is 64.7 Å². The fourth-order valence-electron chi connectivity index (χ4n) is 3.69. The number of nitrogens with one attached hydrogen (secondary N) is 1. The molecule has 37 heavy (non-hydrogen) atoms. The van der Waals surface area contributed by atoms with Crippen LogP contribution >= 0.6 is 0 Å². The Bertz CT molecular complexity index is 1440. The Morgan fingerprint density at radius 3 is 2.19 bits per heavy atom. The van der Waals surface area contributed by atoms with E-state index in [4.69, 9.17) is 14.2 Å². The van der Waals surface area contributed by atoms with Gasteiger partial charge in [-0.05, 0) is 31.2 Å². The van der Waals surface area contributed by atoms with Crippen molar-refractivity contribution in [1.82, 2.24) is 29.7 Å². The molecule has 0 amide bonds. The standard InChI is InChI=1S/C24H27N7O5S/c1-15(18-13-27-21(36-5)14-26-18)16(2)37(32,33)30-24-29-28-23(17-8-7-11-25-12-17)31(24)22-19(34-3)9-6-10-20(22)35-4/h6-16H,1-5H3,(H,29,30)/t15-,16-/m1/s1. The van der Waals surface area contributed by atoms with Gasteiger partial charge in [-0.2, -0.15) is 0 Å². The quantitative estimate of drug-likeness (QED) is 0.328.